The van der Waals surface area contributed by atoms with Gasteiger partial charge in [0.1, 0.15) is 5.52 Å². The van der Waals surface area contributed by atoms with Gasteiger partial charge in [-0.15, -0.1) is 0 Å². The first kappa shape index (κ1) is 12.3. The molecule has 0 amide bonds. The molecule has 1 N–H and O–H groups in total. The summed E-state index contributed by atoms with van der Waals surface area (Å²) in [5.41, 5.74) is 0.972. The fourth-order valence-electron chi connectivity index (χ4n) is 1.48. The lowest BCUT2D eigenvalue weighted by Crippen LogP contribution is -2.09. The normalized spacial score (nSPS) is 10.7. The number of nitro benzene ring substituents is 1. The number of hydrogen-bond donors (Lipinski definition) is 1. The lowest BCUT2D eigenvalue weighted by molar-refractivity contribution is -0.384. The second-order valence-electron chi connectivity index (χ2n) is 3.55. The summed E-state index contributed by atoms with van der Waals surface area (Å²) in [5, 5.41) is 13.6. The Morgan fingerprint density at radius 3 is 3.11 bits per heavy atom. The second-order valence-corrected chi connectivity index (χ2v) is 3.55. The first-order valence-corrected chi connectivity index (χ1v) is 5.57. The Morgan fingerprint density at radius 2 is 2.39 bits per heavy atom. The Kier molecular flexibility index (Phi) is 3.73. The van der Waals surface area contributed by atoms with Gasteiger partial charge in [-0.3, -0.25) is 10.1 Å². The smallest absolute Gasteiger partial charge is 0.295 e. The molecule has 0 saturated carbocycles. The zero-order chi connectivity index (χ0) is 13.0. The van der Waals surface area contributed by atoms with E-state index in [1.54, 1.807) is 0 Å². The zero-order valence-corrected chi connectivity index (χ0v) is 9.88. The highest BCUT2D eigenvalue weighted by molar-refractivity contribution is 5.77. The van der Waals surface area contributed by atoms with Crippen molar-refractivity contribution in [2.75, 3.05) is 25.1 Å². The van der Waals surface area contributed by atoms with Crippen LogP contribution in [0.5, 0.6) is 0 Å². The molecule has 96 valence electrons. The zero-order valence-electron chi connectivity index (χ0n) is 9.88. The molecule has 7 heteroatoms. The van der Waals surface area contributed by atoms with Crippen molar-refractivity contribution >= 4 is 22.8 Å². The summed E-state index contributed by atoms with van der Waals surface area (Å²) in [6.45, 7) is 3.69. The minimum atomic E-state index is -0.462. The van der Waals surface area contributed by atoms with Crippen molar-refractivity contribution < 1.29 is 14.1 Å². The van der Waals surface area contributed by atoms with Crippen LogP contribution in [0, 0.1) is 10.1 Å². The minimum Gasteiger partial charge on any atom is -0.424 e. The van der Waals surface area contributed by atoms with E-state index in [1.807, 2.05) is 6.92 Å². The molecule has 0 aliphatic heterocycles. The lowest BCUT2D eigenvalue weighted by atomic mass is 10.3. The number of rotatable bonds is 6. The van der Waals surface area contributed by atoms with Crippen molar-refractivity contribution in [3.63, 3.8) is 0 Å². The molecule has 0 aliphatic carbocycles. The Balaban J connectivity index is 2.09. The van der Waals surface area contributed by atoms with Gasteiger partial charge in [0, 0.05) is 25.3 Å². The Bertz CT molecular complexity index is 552. The number of ether oxygens (including phenoxy) is 1. The fourth-order valence-corrected chi connectivity index (χ4v) is 1.48. The lowest BCUT2D eigenvalue weighted by Gasteiger charge is -2.00. The third-order valence-electron chi connectivity index (χ3n) is 2.31. The highest BCUT2D eigenvalue weighted by Gasteiger charge is 2.11. The van der Waals surface area contributed by atoms with Crippen molar-refractivity contribution in [1.82, 2.24) is 4.98 Å². The number of hydrogen-bond acceptors (Lipinski definition) is 6. The average molecular weight is 251 g/mol. The number of non-ortho nitro benzene ring substituents is 1. The third kappa shape index (κ3) is 2.75. The minimum absolute atomic E-state index is 0.00309. The molecule has 1 aromatic heterocycles. The number of benzene rings is 1. The molecule has 18 heavy (non-hydrogen) atoms. The number of fused-ring (bicyclic) bond motifs is 1. The van der Waals surface area contributed by atoms with Crippen LogP contribution in [0.15, 0.2) is 22.6 Å². The van der Waals surface area contributed by atoms with E-state index in [-0.39, 0.29) is 5.69 Å². The van der Waals surface area contributed by atoms with Crippen LogP contribution < -0.4 is 5.32 Å². The molecule has 0 saturated heterocycles. The Hall–Kier alpha value is -2.15. The molecule has 2 aromatic rings. The predicted molar refractivity (Wildman–Crippen MR) is 65.6 cm³/mol. The summed E-state index contributed by atoms with van der Waals surface area (Å²) in [6, 6.07) is 4.64. The summed E-state index contributed by atoms with van der Waals surface area (Å²) < 4.78 is 10.5. The Labute approximate surface area is 103 Å². The molecule has 0 atom stereocenters. The van der Waals surface area contributed by atoms with Crippen LogP contribution in [-0.4, -0.2) is 29.7 Å². The maximum atomic E-state index is 10.6. The van der Waals surface area contributed by atoms with E-state index in [4.69, 9.17) is 9.15 Å². The van der Waals surface area contributed by atoms with Gasteiger partial charge in [-0.1, -0.05) is 0 Å². The SMILES string of the molecule is CCOCCNc1nc2cc([N+](=O)[O-])ccc2o1. The highest BCUT2D eigenvalue weighted by atomic mass is 16.6. The van der Waals surface area contributed by atoms with E-state index in [0.29, 0.717) is 36.9 Å². The maximum Gasteiger partial charge on any atom is 0.295 e. The van der Waals surface area contributed by atoms with Crippen molar-refractivity contribution in [3.05, 3.63) is 28.3 Å². The average Bonchev–Trinajstić information content (AvgIpc) is 2.76. The van der Waals surface area contributed by atoms with Gasteiger partial charge in [0.25, 0.3) is 11.7 Å². The number of aromatic nitrogens is 1. The molecular weight excluding hydrogens is 238 g/mol. The fraction of sp³-hybridized carbons (Fsp3) is 0.364. The number of nitro groups is 1. The highest BCUT2D eigenvalue weighted by Crippen LogP contribution is 2.23. The van der Waals surface area contributed by atoms with Gasteiger partial charge >= 0.3 is 0 Å². The molecule has 0 fully saturated rings. The number of nitrogens with one attached hydrogen (secondary N) is 1. The topological polar surface area (TPSA) is 90.4 Å². The van der Waals surface area contributed by atoms with Gasteiger partial charge in [-0.25, -0.2) is 0 Å². The van der Waals surface area contributed by atoms with Crippen LogP contribution in [0.3, 0.4) is 0 Å². The van der Waals surface area contributed by atoms with E-state index in [2.05, 4.69) is 10.3 Å². The molecule has 1 aromatic carbocycles. The molecule has 2 rings (SSSR count). The van der Waals surface area contributed by atoms with E-state index < -0.39 is 4.92 Å². The summed E-state index contributed by atoms with van der Waals surface area (Å²) in [5.74, 6) is 0. The predicted octanol–water partition coefficient (Wildman–Crippen LogP) is 2.18. The van der Waals surface area contributed by atoms with E-state index >= 15 is 0 Å². The Morgan fingerprint density at radius 1 is 1.56 bits per heavy atom. The van der Waals surface area contributed by atoms with E-state index in [1.165, 1.54) is 18.2 Å². The van der Waals surface area contributed by atoms with Crippen LogP contribution in [0.1, 0.15) is 6.92 Å². The molecule has 0 bridgehead atoms. The van der Waals surface area contributed by atoms with Gasteiger partial charge in [-0.05, 0) is 13.0 Å². The van der Waals surface area contributed by atoms with Crippen molar-refractivity contribution in [2.45, 2.75) is 6.92 Å². The summed E-state index contributed by atoms with van der Waals surface area (Å²) in [4.78, 5) is 14.3. The third-order valence-corrected chi connectivity index (χ3v) is 2.31. The molecule has 1 heterocycles. The summed E-state index contributed by atoms with van der Waals surface area (Å²) in [7, 11) is 0. The van der Waals surface area contributed by atoms with Crippen LogP contribution in [-0.2, 0) is 4.74 Å². The summed E-state index contributed by atoms with van der Waals surface area (Å²) in [6.07, 6.45) is 0. The van der Waals surface area contributed by atoms with Gasteiger partial charge in [0.2, 0.25) is 0 Å². The van der Waals surface area contributed by atoms with Crippen LogP contribution >= 0.6 is 0 Å². The van der Waals surface area contributed by atoms with E-state index in [0.717, 1.165) is 0 Å². The van der Waals surface area contributed by atoms with Crippen LogP contribution in [0.2, 0.25) is 0 Å². The molecule has 0 unspecified atom stereocenters. The first-order valence-electron chi connectivity index (χ1n) is 5.57. The van der Waals surface area contributed by atoms with Gasteiger partial charge in [0.15, 0.2) is 5.58 Å². The molecule has 7 nitrogen and oxygen atoms in total. The maximum absolute atomic E-state index is 10.6. The summed E-state index contributed by atoms with van der Waals surface area (Å²) >= 11 is 0. The molecule has 0 radical (unpaired) electrons. The molecule has 0 spiro atoms. The van der Waals surface area contributed by atoms with Crippen molar-refractivity contribution in [1.29, 1.82) is 0 Å². The quantitative estimate of drug-likeness (QED) is 0.480. The molecular formula is C11H13N3O4. The first-order chi connectivity index (χ1) is 8.70. The number of nitrogens with zero attached hydrogens (tertiary/aromatic N) is 2. The monoisotopic (exact) mass is 251 g/mol. The second kappa shape index (κ2) is 5.46. The van der Waals surface area contributed by atoms with Gasteiger partial charge < -0.3 is 14.5 Å². The van der Waals surface area contributed by atoms with E-state index in [9.17, 15) is 10.1 Å². The largest absolute Gasteiger partial charge is 0.424 e. The van der Waals surface area contributed by atoms with Gasteiger partial charge in [0.05, 0.1) is 11.5 Å². The molecule has 0 aliphatic rings. The number of oxazole rings is 1. The van der Waals surface area contributed by atoms with Crippen molar-refractivity contribution in [3.8, 4) is 0 Å². The van der Waals surface area contributed by atoms with Crippen LogP contribution in [0.4, 0.5) is 11.7 Å². The van der Waals surface area contributed by atoms with Crippen molar-refractivity contribution in [2.24, 2.45) is 0 Å². The number of anilines is 1. The van der Waals surface area contributed by atoms with Gasteiger partial charge in [-0.2, -0.15) is 4.98 Å². The van der Waals surface area contributed by atoms with Crippen LogP contribution in [0.25, 0.3) is 11.1 Å². The standard InChI is InChI=1S/C11H13N3O4/c1-2-17-6-5-12-11-13-9-7-8(14(15)16)3-4-10(9)18-11/h3-4,7H,2,5-6H2,1H3,(H,12,13).